The molecule has 1 aromatic rings. The van der Waals surface area contributed by atoms with E-state index in [2.05, 4.69) is 5.32 Å². The molecule has 4 nitrogen and oxygen atoms in total. The van der Waals surface area contributed by atoms with Crippen molar-refractivity contribution in [3.05, 3.63) is 24.3 Å². The lowest BCUT2D eigenvalue weighted by atomic mass is 10.3. The van der Waals surface area contributed by atoms with Crippen molar-refractivity contribution in [3.8, 4) is 11.5 Å². The molecular formula is C15H23NO3S. The molecule has 0 spiro atoms. The number of nitrogens with one attached hydrogen (secondary N) is 1. The van der Waals surface area contributed by atoms with Crippen LogP contribution in [0.1, 0.15) is 20.3 Å². The number of hydrogen-bond donors (Lipinski definition) is 1. The highest BCUT2D eigenvalue weighted by molar-refractivity contribution is 8.00. The van der Waals surface area contributed by atoms with E-state index in [1.165, 1.54) is 0 Å². The molecule has 0 aromatic heterocycles. The zero-order valence-electron chi connectivity index (χ0n) is 12.3. The first-order chi connectivity index (χ1) is 9.67. The van der Waals surface area contributed by atoms with E-state index in [0.29, 0.717) is 6.61 Å². The highest BCUT2D eigenvalue weighted by atomic mass is 32.2. The molecule has 5 heteroatoms. The Morgan fingerprint density at radius 3 is 2.55 bits per heavy atom. The van der Waals surface area contributed by atoms with Gasteiger partial charge in [-0.2, -0.15) is 0 Å². The Hall–Kier alpha value is -1.36. The fourth-order valence-corrected chi connectivity index (χ4v) is 2.29. The maximum absolute atomic E-state index is 11.6. The molecule has 0 fully saturated rings. The molecule has 112 valence electrons. The van der Waals surface area contributed by atoms with Gasteiger partial charge in [0.25, 0.3) is 0 Å². The van der Waals surface area contributed by atoms with Crippen molar-refractivity contribution in [3.63, 3.8) is 0 Å². The number of amides is 1. The summed E-state index contributed by atoms with van der Waals surface area (Å²) in [5, 5.41) is 2.85. The normalized spacial score (nSPS) is 11.8. The van der Waals surface area contributed by atoms with Gasteiger partial charge < -0.3 is 14.8 Å². The van der Waals surface area contributed by atoms with Crippen molar-refractivity contribution in [1.29, 1.82) is 0 Å². The highest BCUT2D eigenvalue weighted by Crippen LogP contribution is 2.17. The summed E-state index contributed by atoms with van der Waals surface area (Å²) in [4.78, 5) is 11.6. The molecule has 0 aliphatic rings. The predicted octanol–water partition coefficient (Wildman–Crippen LogP) is 2.72. The lowest BCUT2D eigenvalue weighted by molar-refractivity contribution is -0.120. The van der Waals surface area contributed by atoms with Crippen LogP contribution in [-0.4, -0.2) is 37.2 Å². The lowest BCUT2D eigenvalue weighted by Gasteiger charge is -2.12. The largest absolute Gasteiger partial charge is 0.497 e. The molecule has 0 saturated heterocycles. The van der Waals surface area contributed by atoms with Crippen LogP contribution >= 0.6 is 11.8 Å². The lowest BCUT2D eigenvalue weighted by Crippen LogP contribution is -2.31. The van der Waals surface area contributed by atoms with Gasteiger partial charge in [0.2, 0.25) is 5.91 Å². The Morgan fingerprint density at radius 1 is 1.30 bits per heavy atom. The first-order valence-corrected chi connectivity index (χ1v) is 7.88. The van der Waals surface area contributed by atoms with E-state index in [0.717, 1.165) is 30.2 Å². The third-order valence-electron chi connectivity index (χ3n) is 2.70. The van der Waals surface area contributed by atoms with Crippen molar-refractivity contribution < 1.29 is 14.3 Å². The van der Waals surface area contributed by atoms with Crippen molar-refractivity contribution >= 4 is 17.7 Å². The third kappa shape index (κ3) is 6.19. The number of carbonyl (C=O) groups is 1. The molecule has 1 N–H and O–H groups in total. The van der Waals surface area contributed by atoms with Gasteiger partial charge in [-0.3, -0.25) is 4.79 Å². The van der Waals surface area contributed by atoms with Gasteiger partial charge in [0, 0.05) is 12.3 Å². The number of ether oxygens (including phenoxy) is 2. The molecule has 1 aromatic carbocycles. The summed E-state index contributed by atoms with van der Waals surface area (Å²) in [7, 11) is 1.64. The Bertz CT molecular complexity index is 395. The van der Waals surface area contributed by atoms with Gasteiger partial charge >= 0.3 is 0 Å². The van der Waals surface area contributed by atoms with Crippen molar-refractivity contribution in [2.75, 3.05) is 26.0 Å². The van der Waals surface area contributed by atoms with E-state index in [1.807, 2.05) is 38.1 Å². The second-order valence-electron chi connectivity index (χ2n) is 4.33. The number of hydrogen-bond acceptors (Lipinski definition) is 4. The minimum absolute atomic E-state index is 0.0407. The summed E-state index contributed by atoms with van der Waals surface area (Å²) in [6.45, 7) is 5.29. The molecule has 1 rings (SSSR count). The first-order valence-electron chi connectivity index (χ1n) is 6.83. The van der Waals surface area contributed by atoms with E-state index < -0.39 is 0 Å². The average molecular weight is 297 g/mol. The number of rotatable bonds is 9. The fraction of sp³-hybridized carbons (Fsp3) is 0.533. The van der Waals surface area contributed by atoms with Gasteiger partial charge in [0.15, 0.2) is 0 Å². The summed E-state index contributed by atoms with van der Waals surface area (Å²) in [5.74, 6) is 2.51. The Balaban J connectivity index is 2.18. The second kappa shape index (κ2) is 9.53. The molecule has 0 aliphatic heterocycles. The quantitative estimate of drug-likeness (QED) is 0.712. The van der Waals surface area contributed by atoms with E-state index in [4.69, 9.17) is 9.47 Å². The molecule has 1 unspecified atom stereocenters. The van der Waals surface area contributed by atoms with Gasteiger partial charge in [0.1, 0.15) is 11.5 Å². The van der Waals surface area contributed by atoms with Crippen LogP contribution in [0.3, 0.4) is 0 Å². The van der Waals surface area contributed by atoms with E-state index in [1.54, 1.807) is 18.9 Å². The number of carbonyl (C=O) groups excluding carboxylic acids is 1. The molecule has 0 aliphatic carbocycles. The summed E-state index contributed by atoms with van der Waals surface area (Å²) in [6, 6.07) is 7.48. The van der Waals surface area contributed by atoms with Crippen LogP contribution in [-0.2, 0) is 4.79 Å². The van der Waals surface area contributed by atoms with Crippen LogP contribution < -0.4 is 14.8 Å². The number of thioether (sulfide) groups is 1. The SMILES string of the molecule is CCCNC(=O)C(C)SCCOc1ccc(OC)cc1. The van der Waals surface area contributed by atoms with Crippen molar-refractivity contribution in [1.82, 2.24) is 5.32 Å². The van der Waals surface area contributed by atoms with Crippen LogP contribution in [0.15, 0.2) is 24.3 Å². The Kier molecular flexibility index (Phi) is 7.95. The van der Waals surface area contributed by atoms with Gasteiger partial charge in [-0.05, 0) is 37.6 Å². The smallest absolute Gasteiger partial charge is 0.232 e. The summed E-state index contributed by atoms with van der Waals surface area (Å²) in [5.41, 5.74) is 0. The Labute approximate surface area is 125 Å². The highest BCUT2D eigenvalue weighted by Gasteiger charge is 2.11. The van der Waals surface area contributed by atoms with Crippen molar-refractivity contribution in [2.24, 2.45) is 0 Å². The standard InChI is InChI=1S/C15H23NO3S/c1-4-9-16-15(17)12(2)20-11-10-19-14-7-5-13(18-3)6-8-14/h5-8,12H,4,9-11H2,1-3H3,(H,16,17). The van der Waals surface area contributed by atoms with Crippen molar-refractivity contribution in [2.45, 2.75) is 25.5 Å². The predicted molar refractivity (Wildman–Crippen MR) is 83.7 cm³/mol. The van der Waals surface area contributed by atoms with Gasteiger partial charge in [-0.25, -0.2) is 0 Å². The maximum atomic E-state index is 11.6. The molecule has 0 saturated carbocycles. The molecular weight excluding hydrogens is 274 g/mol. The van der Waals surface area contributed by atoms with E-state index in [9.17, 15) is 4.79 Å². The maximum Gasteiger partial charge on any atom is 0.232 e. The molecule has 20 heavy (non-hydrogen) atoms. The topological polar surface area (TPSA) is 47.6 Å². The molecule has 0 radical (unpaired) electrons. The number of benzene rings is 1. The van der Waals surface area contributed by atoms with Crippen LogP contribution in [0.5, 0.6) is 11.5 Å². The molecule has 0 heterocycles. The molecule has 0 bridgehead atoms. The first kappa shape index (κ1) is 16.7. The summed E-state index contributed by atoms with van der Waals surface area (Å²) in [6.07, 6.45) is 0.962. The zero-order chi connectivity index (χ0) is 14.8. The van der Waals surface area contributed by atoms with Crippen LogP contribution in [0.4, 0.5) is 0 Å². The Morgan fingerprint density at radius 2 is 1.95 bits per heavy atom. The fourth-order valence-electron chi connectivity index (χ4n) is 1.52. The van der Waals surface area contributed by atoms with Gasteiger partial charge in [-0.15, -0.1) is 11.8 Å². The summed E-state index contributed by atoms with van der Waals surface area (Å²) >= 11 is 1.60. The number of methoxy groups -OCH3 is 1. The van der Waals surface area contributed by atoms with Crippen LogP contribution in [0.25, 0.3) is 0 Å². The minimum atomic E-state index is -0.0407. The van der Waals surface area contributed by atoms with Crippen LogP contribution in [0.2, 0.25) is 0 Å². The van der Waals surface area contributed by atoms with E-state index in [-0.39, 0.29) is 11.2 Å². The second-order valence-corrected chi connectivity index (χ2v) is 5.78. The summed E-state index contributed by atoms with van der Waals surface area (Å²) < 4.78 is 10.7. The van der Waals surface area contributed by atoms with E-state index >= 15 is 0 Å². The monoisotopic (exact) mass is 297 g/mol. The zero-order valence-corrected chi connectivity index (χ0v) is 13.2. The molecule has 1 amide bonds. The van der Waals surface area contributed by atoms with Crippen LogP contribution in [0, 0.1) is 0 Å². The molecule has 1 atom stereocenters. The van der Waals surface area contributed by atoms with Gasteiger partial charge in [-0.1, -0.05) is 6.92 Å². The average Bonchev–Trinajstić information content (AvgIpc) is 2.49. The van der Waals surface area contributed by atoms with Gasteiger partial charge in [0.05, 0.1) is 19.0 Å². The third-order valence-corrected chi connectivity index (χ3v) is 3.81. The minimum Gasteiger partial charge on any atom is -0.497 e.